The van der Waals surface area contributed by atoms with Crippen LogP contribution in [0.2, 0.25) is 0 Å². The van der Waals surface area contributed by atoms with Crippen LogP contribution in [0.1, 0.15) is 18.5 Å². The first-order valence-electron chi connectivity index (χ1n) is 7.64. The first kappa shape index (κ1) is 18.0. The molecule has 4 nitrogen and oxygen atoms in total. The number of hydrogen-bond acceptors (Lipinski definition) is 4. The zero-order valence-electron chi connectivity index (χ0n) is 13.7. The van der Waals surface area contributed by atoms with Crippen molar-refractivity contribution in [3.8, 4) is 17.2 Å². The Kier molecular flexibility index (Phi) is 6.81. The van der Waals surface area contributed by atoms with Gasteiger partial charge in [-0.3, -0.25) is 0 Å². The van der Waals surface area contributed by atoms with Gasteiger partial charge in [-0.05, 0) is 37.3 Å². The van der Waals surface area contributed by atoms with Crippen molar-refractivity contribution >= 4 is 0 Å². The Bertz CT molecular complexity index is 620. The van der Waals surface area contributed by atoms with Gasteiger partial charge in [-0.2, -0.15) is 8.78 Å². The third kappa shape index (κ3) is 5.38. The Labute approximate surface area is 140 Å². The lowest BCUT2D eigenvalue weighted by Gasteiger charge is -2.18. The molecule has 2 aromatic carbocycles. The third-order valence-electron chi connectivity index (χ3n) is 3.48. The van der Waals surface area contributed by atoms with Gasteiger partial charge in [-0.25, -0.2) is 0 Å². The van der Waals surface area contributed by atoms with Crippen LogP contribution in [0.15, 0.2) is 48.5 Å². The number of nitrogens with one attached hydrogen (secondary N) is 1. The lowest BCUT2D eigenvalue weighted by atomic mass is 10.1. The van der Waals surface area contributed by atoms with Crippen molar-refractivity contribution in [2.24, 2.45) is 0 Å². The average molecular weight is 337 g/mol. The van der Waals surface area contributed by atoms with Crippen LogP contribution in [0, 0.1) is 0 Å². The number of ether oxygens (including phenoxy) is 3. The number of alkyl halides is 2. The maximum atomic E-state index is 12.4. The van der Waals surface area contributed by atoms with Gasteiger partial charge in [0.25, 0.3) is 0 Å². The number of para-hydroxylation sites is 1. The first-order valence-corrected chi connectivity index (χ1v) is 7.64. The minimum Gasteiger partial charge on any atom is -0.497 e. The first-order chi connectivity index (χ1) is 11.6. The van der Waals surface area contributed by atoms with E-state index < -0.39 is 6.61 Å². The van der Waals surface area contributed by atoms with Gasteiger partial charge in [-0.15, -0.1) is 0 Å². The molecule has 6 heteroatoms. The zero-order chi connectivity index (χ0) is 17.4. The van der Waals surface area contributed by atoms with E-state index in [9.17, 15) is 8.78 Å². The summed E-state index contributed by atoms with van der Waals surface area (Å²) in [5.74, 6) is 1.69. The molecular formula is C18H21F2NO3. The summed E-state index contributed by atoms with van der Waals surface area (Å²) >= 11 is 0. The highest BCUT2D eigenvalue weighted by Crippen LogP contribution is 2.26. The van der Waals surface area contributed by atoms with Crippen molar-refractivity contribution in [1.29, 1.82) is 0 Å². The number of halogens is 2. The topological polar surface area (TPSA) is 39.7 Å². The van der Waals surface area contributed by atoms with Gasteiger partial charge in [0, 0.05) is 18.2 Å². The second-order valence-corrected chi connectivity index (χ2v) is 5.12. The summed E-state index contributed by atoms with van der Waals surface area (Å²) in [5.41, 5.74) is 0.683. The molecule has 24 heavy (non-hydrogen) atoms. The van der Waals surface area contributed by atoms with Gasteiger partial charge in [-0.1, -0.05) is 18.2 Å². The van der Waals surface area contributed by atoms with Gasteiger partial charge in [0.05, 0.1) is 7.11 Å². The summed E-state index contributed by atoms with van der Waals surface area (Å²) < 4.78 is 40.1. The van der Waals surface area contributed by atoms with E-state index in [2.05, 4.69) is 10.1 Å². The van der Waals surface area contributed by atoms with Crippen LogP contribution in [0.3, 0.4) is 0 Å². The van der Waals surface area contributed by atoms with Gasteiger partial charge in [0.15, 0.2) is 0 Å². The summed E-state index contributed by atoms with van der Waals surface area (Å²) in [6.45, 7) is 0.0722. The minimum atomic E-state index is -2.84. The second-order valence-electron chi connectivity index (χ2n) is 5.12. The number of rotatable bonds is 9. The van der Waals surface area contributed by atoms with E-state index in [1.54, 1.807) is 25.3 Å². The molecule has 1 unspecified atom stereocenters. The molecule has 0 saturated heterocycles. The molecule has 0 aromatic heterocycles. The Balaban J connectivity index is 1.81. The second kappa shape index (κ2) is 9.08. The van der Waals surface area contributed by atoms with Crippen LogP contribution in [-0.4, -0.2) is 26.9 Å². The molecule has 2 rings (SSSR count). The molecule has 0 aliphatic carbocycles. The molecule has 0 spiro atoms. The molecule has 0 fully saturated rings. The van der Waals surface area contributed by atoms with Crippen molar-refractivity contribution in [3.63, 3.8) is 0 Å². The lowest BCUT2D eigenvalue weighted by Crippen LogP contribution is -2.25. The molecule has 1 atom stereocenters. The number of hydrogen-bond donors (Lipinski definition) is 1. The summed E-state index contributed by atoms with van der Waals surface area (Å²) in [5, 5.41) is 3.23. The van der Waals surface area contributed by atoms with Crippen molar-refractivity contribution in [2.75, 3.05) is 20.3 Å². The molecule has 0 radical (unpaired) electrons. The molecule has 1 N–H and O–H groups in total. The van der Waals surface area contributed by atoms with Gasteiger partial charge >= 0.3 is 6.61 Å². The monoisotopic (exact) mass is 337 g/mol. The molecule has 130 valence electrons. The Morgan fingerprint density at radius 2 is 1.67 bits per heavy atom. The number of methoxy groups -OCH3 is 1. The molecule has 0 saturated carbocycles. The summed E-state index contributed by atoms with van der Waals surface area (Å²) in [4.78, 5) is 0. The fraction of sp³-hybridized carbons (Fsp3) is 0.333. The molecule has 0 amide bonds. The Morgan fingerprint density at radius 3 is 2.33 bits per heavy atom. The maximum Gasteiger partial charge on any atom is 0.387 e. The Hall–Kier alpha value is -2.34. The highest BCUT2D eigenvalue weighted by molar-refractivity contribution is 5.35. The molecular weight excluding hydrogens is 316 g/mol. The van der Waals surface area contributed by atoms with E-state index in [0.29, 0.717) is 18.7 Å². The number of benzene rings is 2. The molecule has 0 heterocycles. The minimum absolute atomic E-state index is 0.139. The van der Waals surface area contributed by atoms with Crippen LogP contribution in [0.5, 0.6) is 17.2 Å². The van der Waals surface area contributed by atoms with Crippen LogP contribution in [0.4, 0.5) is 8.78 Å². The van der Waals surface area contributed by atoms with Crippen molar-refractivity contribution < 1.29 is 23.0 Å². The van der Waals surface area contributed by atoms with E-state index in [0.717, 1.165) is 11.5 Å². The third-order valence-corrected chi connectivity index (χ3v) is 3.48. The van der Waals surface area contributed by atoms with Crippen LogP contribution in [0.25, 0.3) is 0 Å². The smallest absolute Gasteiger partial charge is 0.387 e. The normalized spacial score (nSPS) is 12.0. The summed E-state index contributed by atoms with van der Waals surface area (Å²) in [6.07, 6.45) is 0. The molecule has 2 aromatic rings. The summed E-state index contributed by atoms with van der Waals surface area (Å²) in [7, 11) is 1.61. The van der Waals surface area contributed by atoms with E-state index >= 15 is 0 Å². The Morgan fingerprint density at radius 1 is 1.00 bits per heavy atom. The standard InChI is InChI=1S/C18H21F2NO3/c1-13(16-5-3-4-6-17(16)24-18(19)20)21-11-12-23-15-9-7-14(22-2)8-10-15/h3-10,13,18,21H,11-12H2,1-2H3. The van der Waals surface area contributed by atoms with Crippen LogP contribution >= 0.6 is 0 Å². The fourth-order valence-corrected chi connectivity index (χ4v) is 2.27. The van der Waals surface area contributed by atoms with Crippen molar-refractivity contribution in [1.82, 2.24) is 5.32 Å². The predicted molar refractivity (Wildman–Crippen MR) is 88.0 cm³/mol. The van der Waals surface area contributed by atoms with Gasteiger partial charge in [0.2, 0.25) is 0 Å². The SMILES string of the molecule is COc1ccc(OCCNC(C)c2ccccc2OC(F)F)cc1. The maximum absolute atomic E-state index is 12.4. The highest BCUT2D eigenvalue weighted by Gasteiger charge is 2.13. The fourth-order valence-electron chi connectivity index (χ4n) is 2.27. The summed E-state index contributed by atoms with van der Waals surface area (Å²) in [6, 6.07) is 13.9. The van der Waals surface area contributed by atoms with E-state index in [4.69, 9.17) is 9.47 Å². The molecule has 0 aliphatic heterocycles. The van der Waals surface area contributed by atoms with E-state index in [1.807, 2.05) is 31.2 Å². The van der Waals surface area contributed by atoms with Crippen molar-refractivity contribution in [2.45, 2.75) is 19.6 Å². The van der Waals surface area contributed by atoms with Crippen molar-refractivity contribution in [3.05, 3.63) is 54.1 Å². The van der Waals surface area contributed by atoms with Gasteiger partial charge < -0.3 is 19.5 Å². The lowest BCUT2D eigenvalue weighted by molar-refractivity contribution is -0.0506. The largest absolute Gasteiger partial charge is 0.497 e. The predicted octanol–water partition coefficient (Wildman–Crippen LogP) is 4.03. The van der Waals surface area contributed by atoms with Crippen LogP contribution < -0.4 is 19.5 Å². The highest BCUT2D eigenvalue weighted by atomic mass is 19.3. The molecule has 0 bridgehead atoms. The quantitative estimate of drug-likeness (QED) is 0.702. The molecule has 0 aliphatic rings. The van der Waals surface area contributed by atoms with E-state index in [-0.39, 0.29) is 11.8 Å². The average Bonchev–Trinajstić information content (AvgIpc) is 2.59. The van der Waals surface area contributed by atoms with E-state index in [1.165, 1.54) is 6.07 Å². The van der Waals surface area contributed by atoms with Crippen LogP contribution in [-0.2, 0) is 0 Å². The zero-order valence-corrected chi connectivity index (χ0v) is 13.7. The van der Waals surface area contributed by atoms with Gasteiger partial charge in [0.1, 0.15) is 23.9 Å².